The van der Waals surface area contributed by atoms with Gasteiger partial charge in [0.2, 0.25) is 0 Å². The Balaban J connectivity index is 1.77. The van der Waals surface area contributed by atoms with Crippen LogP contribution in [0, 0.1) is 23.7 Å². The van der Waals surface area contributed by atoms with Gasteiger partial charge in [-0.2, -0.15) is 0 Å². The van der Waals surface area contributed by atoms with Gasteiger partial charge in [0, 0.05) is 51.0 Å². The number of amides is 1. The number of methoxy groups -OCH3 is 2. The minimum absolute atomic E-state index is 0.0664. The summed E-state index contributed by atoms with van der Waals surface area (Å²) in [6, 6.07) is 9.12. The Kier molecular flexibility index (Phi) is 18.0. The van der Waals surface area contributed by atoms with Crippen LogP contribution in [0.25, 0.3) is 0 Å². The molecular weight excluding hydrogens is 805 g/mol. The van der Waals surface area contributed by atoms with E-state index < -0.39 is 108 Å². The molecular formula is C46H76N2O14. The Hall–Kier alpha value is -2.77. The molecule has 16 nitrogen and oxygen atoms in total. The number of rotatable bonds is 11. The maximum absolute atomic E-state index is 14.4. The van der Waals surface area contributed by atoms with E-state index in [1.165, 1.54) is 21.1 Å². The number of likely N-dealkylation sites (N-methyl/N-ethyl adjacent to an activating group) is 1. The lowest BCUT2D eigenvalue weighted by atomic mass is 9.74. The summed E-state index contributed by atoms with van der Waals surface area (Å²) in [6.45, 7) is 17.3. The molecule has 3 aliphatic heterocycles. The van der Waals surface area contributed by atoms with Crippen LogP contribution >= 0.6 is 0 Å². The number of carbonyl (C=O) groups excluding carboxylic acids is 3. The topological polar surface area (TPSA) is 201 Å². The second-order valence-electron chi connectivity index (χ2n) is 18.9. The first kappa shape index (κ1) is 51.9. The van der Waals surface area contributed by atoms with Gasteiger partial charge in [0.05, 0.1) is 42.0 Å². The molecule has 16 heteroatoms. The van der Waals surface area contributed by atoms with Crippen molar-refractivity contribution in [3.05, 3.63) is 35.9 Å². The average Bonchev–Trinajstić information content (AvgIpc) is 3.23. The highest BCUT2D eigenvalue weighted by atomic mass is 16.7. The molecule has 18 atom stereocenters. The van der Waals surface area contributed by atoms with Gasteiger partial charge < -0.3 is 63.4 Å². The van der Waals surface area contributed by atoms with Gasteiger partial charge in [-0.25, -0.2) is 4.79 Å². The minimum atomic E-state index is -2.00. The number of carbonyl (C=O) groups is 3. The molecule has 4 rings (SSSR count). The molecule has 0 aliphatic carbocycles. The van der Waals surface area contributed by atoms with E-state index in [1.807, 2.05) is 63.2 Å². The highest BCUT2D eigenvalue weighted by molar-refractivity contribution is 5.83. The third kappa shape index (κ3) is 11.7. The Morgan fingerprint density at radius 1 is 0.887 bits per heavy atom. The number of nitrogens with zero attached hydrogens (tertiary/aromatic N) is 1. The van der Waals surface area contributed by atoms with E-state index >= 15 is 0 Å². The highest BCUT2D eigenvalue weighted by Gasteiger charge is 2.55. The molecule has 1 aromatic carbocycles. The number of hydrogen-bond acceptors (Lipinski definition) is 15. The van der Waals surface area contributed by atoms with Crippen molar-refractivity contribution < 1.29 is 67.6 Å². The molecule has 3 aliphatic rings. The number of nitrogens with one attached hydrogen (secondary N) is 1. The number of benzene rings is 1. The van der Waals surface area contributed by atoms with E-state index in [1.54, 1.807) is 48.5 Å². The van der Waals surface area contributed by atoms with Crippen molar-refractivity contribution in [2.75, 3.05) is 28.3 Å². The molecule has 0 bridgehead atoms. The quantitative estimate of drug-likeness (QED) is 0.228. The number of aliphatic hydroxyl groups excluding tert-OH is 2. The fourth-order valence-corrected chi connectivity index (χ4v) is 9.72. The highest BCUT2D eigenvalue weighted by Crippen LogP contribution is 2.42. The number of esters is 1. The summed E-state index contributed by atoms with van der Waals surface area (Å²) >= 11 is 0. The standard InChI is InChI=1S/C46H76N2O14/c1-15-33-46(10,54)38(51)27(4)35(49)25(2)22-44(8,55-13)39(61-42-36(50)32(48(11)12)21-26(3)57-42)28(5)37(29(6)41(52)59-33)60-34-23-45(9,56-14)40(30(7)58-34)62-43(53)47-24-31-19-17-16-18-20-31/h16-20,25-30,32-34,36-40,42,50-51,54H,15,21-24H2,1-14H3,(H,47,53)/t25-,26-,27+,28+,29-,30+,32+,33-,34+,36-,37+,38-,39-,40+,42+,44-,45-,46-/m1/s1. The van der Waals surface area contributed by atoms with E-state index in [4.69, 9.17) is 37.9 Å². The van der Waals surface area contributed by atoms with Crippen LogP contribution < -0.4 is 5.32 Å². The normalized spacial score (nSPS) is 42.8. The molecule has 0 saturated carbocycles. The summed E-state index contributed by atoms with van der Waals surface area (Å²) in [5, 5.41) is 37.8. The van der Waals surface area contributed by atoms with Gasteiger partial charge in [-0.05, 0) is 80.5 Å². The molecule has 1 amide bonds. The van der Waals surface area contributed by atoms with Crippen LogP contribution in [0.15, 0.2) is 30.3 Å². The lowest BCUT2D eigenvalue weighted by molar-refractivity contribution is -0.319. The summed E-state index contributed by atoms with van der Waals surface area (Å²) in [4.78, 5) is 43.6. The number of cyclic esters (lactones) is 1. The van der Waals surface area contributed by atoms with Crippen LogP contribution in [-0.4, -0.2) is 151 Å². The zero-order valence-electron chi connectivity index (χ0n) is 39.4. The number of alkyl carbamates (subject to hydrolysis) is 1. The molecule has 3 saturated heterocycles. The minimum Gasteiger partial charge on any atom is -0.459 e. The number of ether oxygens (including phenoxy) is 8. The number of Topliss-reactive ketones (excluding diaryl/α,β-unsaturated/α-hetero) is 1. The molecule has 62 heavy (non-hydrogen) atoms. The van der Waals surface area contributed by atoms with Crippen molar-refractivity contribution in [3.8, 4) is 0 Å². The average molecular weight is 881 g/mol. The number of ketones is 1. The van der Waals surface area contributed by atoms with Crippen molar-refractivity contribution in [1.82, 2.24) is 10.2 Å². The van der Waals surface area contributed by atoms with Crippen molar-refractivity contribution in [2.24, 2.45) is 23.7 Å². The van der Waals surface area contributed by atoms with Crippen LogP contribution in [0.3, 0.4) is 0 Å². The maximum Gasteiger partial charge on any atom is 0.407 e. The van der Waals surface area contributed by atoms with E-state index in [9.17, 15) is 29.7 Å². The Morgan fingerprint density at radius 2 is 1.50 bits per heavy atom. The summed E-state index contributed by atoms with van der Waals surface area (Å²) in [5.41, 5.74) is -3.52. The van der Waals surface area contributed by atoms with Crippen molar-refractivity contribution in [3.63, 3.8) is 0 Å². The lowest BCUT2D eigenvalue weighted by Gasteiger charge is -2.50. The molecule has 354 valence electrons. The third-order valence-electron chi connectivity index (χ3n) is 13.7. The first-order valence-electron chi connectivity index (χ1n) is 22.1. The van der Waals surface area contributed by atoms with E-state index in [2.05, 4.69) is 5.32 Å². The van der Waals surface area contributed by atoms with Crippen LogP contribution in [0.5, 0.6) is 0 Å². The monoisotopic (exact) mass is 881 g/mol. The summed E-state index contributed by atoms with van der Waals surface area (Å²) < 4.78 is 50.8. The molecule has 1 aromatic rings. The van der Waals surface area contributed by atoms with Crippen LogP contribution in [0.1, 0.15) is 100 Å². The second-order valence-corrected chi connectivity index (χ2v) is 18.9. The van der Waals surface area contributed by atoms with Gasteiger partial charge in [-0.15, -0.1) is 0 Å². The summed E-state index contributed by atoms with van der Waals surface area (Å²) in [7, 11) is 6.76. The molecule has 4 N–H and O–H groups in total. The van der Waals surface area contributed by atoms with Gasteiger partial charge in [0.15, 0.2) is 18.7 Å². The van der Waals surface area contributed by atoms with Crippen molar-refractivity contribution >= 4 is 17.8 Å². The Morgan fingerprint density at radius 3 is 2.08 bits per heavy atom. The Labute approximate surface area is 368 Å². The molecule has 3 heterocycles. The van der Waals surface area contributed by atoms with Gasteiger partial charge in [-0.3, -0.25) is 9.59 Å². The first-order valence-corrected chi connectivity index (χ1v) is 22.1. The second kappa shape index (κ2) is 21.5. The van der Waals surface area contributed by atoms with E-state index in [0.29, 0.717) is 6.42 Å². The molecule has 0 spiro atoms. The SMILES string of the molecule is CC[C@H]1OC(=O)[C@H](C)[C@@H](O[C@H]2C[C@@](C)(OC)[C@@H](OC(=O)NCc3ccccc3)[C@H](C)O2)[C@H](C)[C@@H](O[C@@H]2O[C@H](C)C[C@H](N(C)C)[C@H]2O)[C@](C)(OC)C[C@@H](C)C(=O)[C@H](C)[C@@H](O)[C@]1(C)O. The summed E-state index contributed by atoms with van der Waals surface area (Å²) in [5.74, 6) is -4.68. The third-order valence-corrected chi connectivity index (χ3v) is 13.7. The largest absolute Gasteiger partial charge is 0.459 e. The zero-order valence-corrected chi connectivity index (χ0v) is 39.4. The van der Waals surface area contributed by atoms with Crippen LogP contribution in [0.4, 0.5) is 4.79 Å². The molecule has 0 unspecified atom stereocenters. The van der Waals surface area contributed by atoms with Crippen molar-refractivity contribution in [1.29, 1.82) is 0 Å². The zero-order chi connectivity index (χ0) is 46.5. The fraction of sp³-hybridized carbons (Fsp3) is 0.804. The lowest BCUT2D eigenvalue weighted by Crippen LogP contribution is -2.62. The van der Waals surface area contributed by atoms with E-state index in [0.717, 1.165) is 5.56 Å². The van der Waals surface area contributed by atoms with Gasteiger partial charge in [0.1, 0.15) is 29.2 Å². The molecule has 0 radical (unpaired) electrons. The molecule has 3 fully saturated rings. The number of hydrogen-bond donors (Lipinski definition) is 4. The number of aliphatic hydroxyl groups is 3. The van der Waals surface area contributed by atoms with Gasteiger partial charge >= 0.3 is 12.1 Å². The maximum atomic E-state index is 14.4. The first-order chi connectivity index (χ1) is 28.9. The van der Waals surface area contributed by atoms with Crippen LogP contribution in [0.2, 0.25) is 0 Å². The molecule has 0 aromatic heterocycles. The Bertz CT molecular complexity index is 1620. The smallest absolute Gasteiger partial charge is 0.407 e. The fourth-order valence-electron chi connectivity index (χ4n) is 9.72. The predicted octanol–water partition coefficient (Wildman–Crippen LogP) is 4.37. The van der Waals surface area contributed by atoms with Gasteiger partial charge in [-0.1, -0.05) is 58.0 Å². The summed E-state index contributed by atoms with van der Waals surface area (Å²) in [6.07, 6.45) is -9.86. The predicted molar refractivity (Wildman–Crippen MR) is 229 cm³/mol. The van der Waals surface area contributed by atoms with Crippen LogP contribution in [-0.2, 0) is 54.0 Å². The van der Waals surface area contributed by atoms with Crippen molar-refractivity contribution in [2.45, 2.75) is 186 Å². The van der Waals surface area contributed by atoms with E-state index in [-0.39, 0.29) is 43.7 Å². The van der Waals surface area contributed by atoms with Gasteiger partial charge in [0.25, 0.3) is 0 Å².